The Labute approximate surface area is 196 Å². The van der Waals surface area contributed by atoms with Gasteiger partial charge >= 0.3 is 6.18 Å². The molecule has 1 aliphatic heterocycles. The average molecular weight is 500 g/mol. The Morgan fingerprint density at radius 2 is 1.85 bits per heavy atom. The highest BCUT2D eigenvalue weighted by molar-refractivity contribution is 7.85. The molecular formula is C23H28F3N3O4S. The van der Waals surface area contributed by atoms with Crippen LogP contribution in [0.5, 0.6) is 0 Å². The molecule has 3 rings (SSSR count). The van der Waals surface area contributed by atoms with Gasteiger partial charge in [0.15, 0.2) is 0 Å². The zero-order chi connectivity index (χ0) is 25.1. The maximum Gasteiger partial charge on any atom is 0.416 e. The lowest BCUT2D eigenvalue weighted by Crippen LogP contribution is -2.36. The lowest BCUT2D eigenvalue weighted by molar-refractivity contribution is -0.137. The van der Waals surface area contributed by atoms with Crippen LogP contribution in [-0.2, 0) is 27.6 Å². The van der Waals surface area contributed by atoms with E-state index in [-0.39, 0.29) is 17.8 Å². The number of anilines is 2. The molecule has 1 heterocycles. The van der Waals surface area contributed by atoms with Crippen molar-refractivity contribution in [1.29, 1.82) is 0 Å². The van der Waals surface area contributed by atoms with Gasteiger partial charge in [0.2, 0.25) is 5.91 Å². The summed E-state index contributed by atoms with van der Waals surface area (Å²) in [5, 5.41) is 2.62. The van der Waals surface area contributed by atoms with Crippen LogP contribution >= 0.6 is 0 Å². The van der Waals surface area contributed by atoms with Crippen LogP contribution in [0.15, 0.2) is 42.5 Å². The Kier molecular flexibility index (Phi) is 7.77. The second-order valence-electron chi connectivity index (χ2n) is 8.66. The lowest BCUT2D eigenvalue weighted by atomic mass is 9.97. The van der Waals surface area contributed by atoms with Crippen molar-refractivity contribution in [1.82, 2.24) is 5.32 Å². The van der Waals surface area contributed by atoms with E-state index in [0.717, 1.165) is 25.0 Å². The van der Waals surface area contributed by atoms with E-state index in [1.165, 1.54) is 18.2 Å². The number of nitrogens with zero attached hydrogens (tertiary/aromatic N) is 1. The number of hydrogen-bond donors (Lipinski definition) is 3. The van der Waals surface area contributed by atoms with Crippen molar-refractivity contribution in [2.75, 3.05) is 29.5 Å². The predicted molar refractivity (Wildman–Crippen MR) is 124 cm³/mol. The first kappa shape index (κ1) is 25.8. The smallest absolute Gasteiger partial charge is 0.398 e. The van der Waals surface area contributed by atoms with Gasteiger partial charge in [0, 0.05) is 31.0 Å². The Bertz CT molecular complexity index is 1130. The molecule has 1 atom stereocenters. The highest BCUT2D eigenvalue weighted by Gasteiger charge is 2.32. The van der Waals surface area contributed by atoms with Crippen LogP contribution < -0.4 is 16.0 Å². The van der Waals surface area contributed by atoms with Crippen LogP contribution in [0.25, 0.3) is 0 Å². The molecule has 1 amide bonds. The molecule has 7 nitrogen and oxygen atoms in total. The maximum atomic E-state index is 13.4. The van der Waals surface area contributed by atoms with Crippen molar-refractivity contribution < 1.29 is 30.9 Å². The van der Waals surface area contributed by atoms with E-state index in [1.807, 2.05) is 4.90 Å². The number of nitrogen functional groups attached to an aromatic ring is 1. The Morgan fingerprint density at radius 3 is 2.44 bits per heavy atom. The van der Waals surface area contributed by atoms with Crippen LogP contribution in [0, 0.1) is 5.92 Å². The van der Waals surface area contributed by atoms with E-state index in [2.05, 4.69) is 12.2 Å². The highest BCUT2D eigenvalue weighted by Crippen LogP contribution is 2.35. The molecule has 0 spiro atoms. The zero-order valence-electron chi connectivity index (χ0n) is 18.7. The van der Waals surface area contributed by atoms with E-state index in [9.17, 15) is 30.9 Å². The minimum Gasteiger partial charge on any atom is -0.398 e. The van der Waals surface area contributed by atoms with E-state index in [0.29, 0.717) is 30.3 Å². The zero-order valence-corrected chi connectivity index (χ0v) is 19.5. The number of rotatable bonds is 7. The molecule has 0 bridgehead atoms. The monoisotopic (exact) mass is 499 g/mol. The second kappa shape index (κ2) is 10.2. The number of benzene rings is 2. The number of piperidine rings is 1. The van der Waals surface area contributed by atoms with Gasteiger partial charge in [0.25, 0.3) is 10.1 Å². The van der Waals surface area contributed by atoms with Crippen LogP contribution in [0.3, 0.4) is 0 Å². The average Bonchev–Trinajstić information content (AvgIpc) is 2.75. The summed E-state index contributed by atoms with van der Waals surface area (Å²) < 4.78 is 72.5. The third-order valence-electron chi connectivity index (χ3n) is 6.06. The van der Waals surface area contributed by atoms with Gasteiger partial charge in [-0.15, -0.1) is 0 Å². The van der Waals surface area contributed by atoms with Crippen molar-refractivity contribution in [3.8, 4) is 0 Å². The largest absolute Gasteiger partial charge is 0.416 e. The summed E-state index contributed by atoms with van der Waals surface area (Å²) in [5.74, 6) is -2.40. The van der Waals surface area contributed by atoms with E-state index < -0.39 is 39.4 Å². The van der Waals surface area contributed by atoms with Gasteiger partial charge in [-0.1, -0.05) is 31.2 Å². The molecule has 0 aromatic heterocycles. The molecule has 2 aromatic carbocycles. The fraction of sp³-hybridized carbons (Fsp3) is 0.435. The van der Waals surface area contributed by atoms with Gasteiger partial charge in [-0.3, -0.25) is 9.35 Å². The lowest BCUT2D eigenvalue weighted by Gasteiger charge is -2.34. The summed E-state index contributed by atoms with van der Waals surface area (Å²) >= 11 is 0. The molecule has 186 valence electrons. The van der Waals surface area contributed by atoms with E-state index >= 15 is 0 Å². The molecular weight excluding hydrogens is 471 g/mol. The molecule has 34 heavy (non-hydrogen) atoms. The minimum absolute atomic E-state index is 0.118. The quantitative estimate of drug-likeness (QED) is 0.395. The first-order chi connectivity index (χ1) is 15.8. The first-order valence-corrected chi connectivity index (χ1v) is 12.5. The second-order valence-corrected chi connectivity index (χ2v) is 10.2. The molecule has 1 saturated heterocycles. The first-order valence-electron chi connectivity index (χ1n) is 10.9. The van der Waals surface area contributed by atoms with Gasteiger partial charge in [-0.2, -0.15) is 21.6 Å². The van der Waals surface area contributed by atoms with Gasteiger partial charge in [0.1, 0.15) is 0 Å². The Balaban J connectivity index is 1.87. The standard InChI is InChI=1S/C23H28F3N3O4S/c1-15-8-10-29(11-9-15)21-12-17(23(24,25)26)7-6-16(21)13-28-22(30)19(14-34(31,32)33)18-4-2-3-5-20(18)27/h2-7,12,15,19H,8-11,13-14,27H2,1H3,(H,28,30)(H,31,32,33). The van der Waals surface area contributed by atoms with Crippen molar-refractivity contribution in [3.05, 3.63) is 59.2 Å². The molecule has 0 saturated carbocycles. The minimum atomic E-state index is -4.52. The number of carbonyl (C=O) groups is 1. The summed E-state index contributed by atoms with van der Waals surface area (Å²) in [6.07, 6.45) is -2.83. The summed E-state index contributed by atoms with van der Waals surface area (Å²) in [7, 11) is -4.52. The van der Waals surface area contributed by atoms with Crippen LogP contribution in [0.1, 0.15) is 42.4 Å². The molecule has 1 fully saturated rings. The number of nitrogens with one attached hydrogen (secondary N) is 1. The summed E-state index contributed by atoms with van der Waals surface area (Å²) in [5.41, 5.74) is 6.40. The molecule has 11 heteroatoms. The fourth-order valence-electron chi connectivity index (χ4n) is 4.08. The normalized spacial score (nSPS) is 16.3. The fourth-order valence-corrected chi connectivity index (χ4v) is 4.84. The van der Waals surface area contributed by atoms with Crippen LogP contribution in [0.4, 0.5) is 24.5 Å². The Morgan fingerprint density at radius 1 is 1.21 bits per heavy atom. The van der Waals surface area contributed by atoms with Crippen LogP contribution in [0.2, 0.25) is 0 Å². The number of carbonyl (C=O) groups excluding carboxylic acids is 1. The van der Waals surface area contributed by atoms with Crippen molar-refractivity contribution in [3.63, 3.8) is 0 Å². The SMILES string of the molecule is CC1CCN(c2cc(C(F)(F)F)ccc2CNC(=O)C(CS(=O)(=O)O)c2ccccc2N)CC1. The molecule has 1 unspecified atom stereocenters. The van der Waals surface area contributed by atoms with E-state index in [1.54, 1.807) is 12.1 Å². The Hall–Kier alpha value is -2.79. The molecule has 1 aliphatic rings. The van der Waals surface area contributed by atoms with Crippen molar-refractivity contribution >= 4 is 27.4 Å². The molecule has 0 radical (unpaired) electrons. The number of amides is 1. The molecule has 2 aromatic rings. The maximum absolute atomic E-state index is 13.4. The van der Waals surface area contributed by atoms with Crippen molar-refractivity contribution in [2.24, 2.45) is 5.92 Å². The number of hydrogen-bond acceptors (Lipinski definition) is 5. The third kappa shape index (κ3) is 6.63. The number of alkyl halides is 3. The summed E-state index contributed by atoms with van der Waals surface area (Å²) in [6, 6.07) is 9.57. The molecule has 0 aliphatic carbocycles. The predicted octanol–water partition coefficient (Wildman–Crippen LogP) is 3.81. The van der Waals surface area contributed by atoms with Crippen LogP contribution in [-0.4, -0.2) is 37.7 Å². The van der Waals surface area contributed by atoms with Gasteiger partial charge in [-0.05, 0) is 48.1 Å². The van der Waals surface area contributed by atoms with Gasteiger partial charge in [0.05, 0.1) is 17.2 Å². The molecule has 4 N–H and O–H groups in total. The van der Waals surface area contributed by atoms with Crippen molar-refractivity contribution in [2.45, 2.75) is 38.4 Å². The van der Waals surface area contributed by atoms with E-state index in [4.69, 9.17) is 5.73 Å². The number of nitrogens with two attached hydrogens (primary N) is 1. The number of para-hydroxylation sites is 1. The third-order valence-corrected chi connectivity index (χ3v) is 6.81. The topological polar surface area (TPSA) is 113 Å². The van der Waals surface area contributed by atoms with Gasteiger partial charge in [-0.25, -0.2) is 0 Å². The number of halogens is 3. The highest BCUT2D eigenvalue weighted by atomic mass is 32.2. The van der Waals surface area contributed by atoms with Gasteiger partial charge < -0.3 is 16.0 Å². The summed E-state index contributed by atoms with van der Waals surface area (Å²) in [4.78, 5) is 14.8. The summed E-state index contributed by atoms with van der Waals surface area (Å²) in [6.45, 7) is 3.16.